The first-order valence-electron chi connectivity index (χ1n) is 5.18. The van der Waals surface area contributed by atoms with Gasteiger partial charge in [0.05, 0.1) is 27.6 Å². The lowest BCUT2D eigenvalue weighted by molar-refractivity contribution is 0.601. The number of hydrogen-bond donors (Lipinski definition) is 2. The molecule has 3 N–H and O–H groups in total. The van der Waals surface area contributed by atoms with E-state index in [1.54, 1.807) is 0 Å². The van der Waals surface area contributed by atoms with Gasteiger partial charge in [0.1, 0.15) is 4.90 Å². The van der Waals surface area contributed by atoms with E-state index in [9.17, 15) is 8.42 Å². The van der Waals surface area contributed by atoms with Crippen molar-refractivity contribution in [2.75, 3.05) is 10.5 Å². The van der Waals surface area contributed by atoms with E-state index in [1.165, 1.54) is 30.6 Å². The van der Waals surface area contributed by atoms with Crippen molar-refractivity contribution in [3.05, 3.63) is 45.1 Å². The molecule has 1 aromatic carbocycles. The first-order valence-corrected chi connectivity index (χ1v) is 8.21. The van der Waals surface area contributed by atoms with Crippen molar-refractivity contribution in [1.82, 2.24) is 4.98 Å². The van der Waals surface area contributed by atoms with Gasteiger partial charge in [0.15, 0.2) is 0 Å². The molecule has 0 aliphatic carbocycles. The van der Waals surface area contributed by atoms with Crippen molar-refractivity contribution in [1.29, 1.82) is 0 Å². The minimum atomic E-state index is -3.96. The Kier molecular flexibility index (Phi) is 4.43. The zero-order valence-electron chi connectivity index (χ0n) is 9.77. The molecule has 1 heterocycles. The van der Waals surface area contributed by atoms with Crippen molar-refractivity contribution in [3.8, 4) is 0 Å². The number of hydrogen-bond acceptors (Lipinski definition) is 4. The number of aromatic nitrogens is 1. The summed E-state index contributed by atoms with van der Waals surface area (Å²) in [5, 5.41) is 0.00834. The summed E-state index contributed by atoms with van der Waals surface area (Å²) in [6.45, 7) is 0. The molecule has 0 fully saturated rings. The van der Waals surface area contributed by atoms with Crippen LogP contribution >= 0.6 is 39.1 Å². The molecule has 0 saturated heterocycles. The molecule has 0 atom stereocenters. The van der Waals surface area contributed by atoms with Gasteiger partial charge >= 0.3 is 0 Å². The number of pyridine rings is 1. The molecule has 0 aliphatic heterocycles. The number of nitrogens with two attached hydrogens (primary N) is 1. The lowest BCUT2D eigenvalue weighted by Crippen LogP contribution is -2.15. The van der Waals surface area contributed by atoms with E-state index in [-0.39, 0.29) is 26.3 Å². The van der Waals surface area contributed by atoms with Crippen LogP contribution in [0.4, 0.5) is 11.4 Å². The SMILES string of the molecule is Nc1cnccc1NS(=O)(=O)c1c(Cl)cc(Br)cc1Cl. The number of nitrogen functional groups attached to an aromatic ring is 1. The number of anilines is 2. The van der Waals surface area contributed by atoms with Gasteiger partial charge in [-0.25, -0.2) is 8.42 Å². The van der Waals surface area contributed by atoms with Gasteiger partial charge in [0.25, 0.3) is 10.0 Å². The molecule has 106 valence electrons. The van der Waals surface area contributed by atoms with Crippen LogP contribution in [0.2, 0.25) is 10.0 Å². The molecule has 1 aromatic heterocycles. The average Bonchev–Trinajstić information content (AvgIpc) is 2.30. The maximum Gasteiger partial charge on any atom is 0.264 e. The van der Waals surface area contributed by atoms with Crippen LogP contribution in [0.5, 0.6) is 0 Å². The van der Waals surface area contributed by atoms with Crippen molar-refractivity contribution in [2.24, 2.45) is 0 Å². The van der Waals surface area contributed by atoms with Crippen molar-refractivity contribution >= 4 is 60.5 Å². The molecular weight excluding hydrogens is 389 g/mol. The molecule has 9 heteroatoms. The summed E-state index contributed by atoms with van der Waals surface area (Å²) in [5.74, 6) is 0. The van der Waals surface area contributed by atoms with E-state index in [0.29, 0.717) is 4.47 Å². The van der Waals surface area contributed by atoms with Gasteiger partial charge in [0.2, 0.25) is 0 Å². The normalized spacial score (nSPS) is 11.3. The molecule has 5 nitrogen and oxygen atoms in total. The topological polar surface area (TPSA) is 85.1 Å². The summed E-state index contributed by atoms with van der Waals surface area (Å²) in [7, 11) is -3.96. The molecule has 0 unspecified atom stereocenters. The fourth-order valence-corrected chi connectivity index (χ4v) is 4.51. The molecular formula is C11H8BrCl2N3O2S. The van der Waals surface area contributed by atoms with Gasteiger partial charge in [-0.1, -0.05) is 39.1 Å². The molecule has 2 aromatic rings. The zero-order chi connectivity index (χ0) is 14.9. The Morgan fingerprint density at radius 2 is 1.85 bits per heavy atom. The van der Waals surface area contributed by atoms with E-state index in [1.807, 2.05) is 0 Å². The van der Waals surface area contributed by atoms with Crippen molar-refractivity contribution in [2.45, 2.75) is 4.90 Å². The highest BCUT2D eigenvalue weighted by Gasteiger charge is 2.23. The predicted octanol–water partition coefficient (Wildman–Crippen LogP) is 3.53. The van der Waals surface area contributed by atoms with Crippen LogP contribution in [0.25, 0.3) is 0 Å². The Hall–Kier alpha value is -1.02. The Morgan fingerprint density at radius 1 is 1.25 bits per heavy atom. The Balaban J connectivity index is 2.50. The van der Waals surface area contributed by atoms with Crippen LogP contribution in [0.15, 0.2) is 40.0 Å². The molecule has 0 saturated carbocycles. The minimum absolute atomic E-state index is 0.00417. The van der Waals surface area contributed by atoms with Crippen molar-refractivity contribution < 1.29 is 8.42 Å². The maximum absolute atomic E-state index is 12.3. The minimum Gasteiger partial charge on any atom is -0.396 e. The summed E-state index contributed by atoms with van der Waals surface area (Å²) >= 11 is 15.1. The third kappa shape index (κ3) is 3.17. The van der Waals surface area contributed by atoms with Gasteiger partial charge in [0, 0.05) is 10.7 Å². The van der Waals surface area contributed by atoms with E-state index in [2.05, 4.69) is 25.6 Å². The molecule has 0 amide bonds. The van der Waals surface area contributed by atoms with E-state index in [0.717, 1.165) is 0 Å². The van der Waals surface area contributed by atoms with E-state index >= 15 is 0 Å². The molecule has 0 aliphatic rings. The van der Waals surface area contributed by atoms with E-state index < -0.39 is 10.0 Å². The van der Waals surface area contributed by atoms with E-state index in [4.69, 9.17) is 28.9 Å². The monoisotopic (exact) mass is 395 g/mol. The smallest absolute Gasteiger partial charge is 0.264 e. The van der Waals surface area contributed by atoms with Crippen LogP contribution < -0.4 is 10.5 Å². The summed E-state index contributed by atoms with van der Waals surface area (Å²) in [5.41, 5.74) is 6.04. The number of rotatable bonds is 3. The molecule has 20 heavy (non-hydrogen) atoms. The predicted molar refractivity (Wildman–Crippen MR) is 83.6 cm³/mol. The highest BCUT2D eigenvalue weighted by Crippen LogP contribution is 2.34. The maximum atomic E-state index is 12.3. The van der Waals surface area contributed by atoms with Gasteiger partial charge in [-0.2, -0.15) is 0 Å². The third-order valence-electron chi connectivity index (χ3n) is 2.33. The zero-order valence-corrected chi connectivity index (χ0v) is 13.7. The number of sulfonamides is 1. The summed E-state index contributed by atoms with van der Waals surface area (Å²) in [6.07, 6.45) is 2.75. The van der Waals surface area contributed by atoms with Crippen LogP contribution in [0.1, 0.15) is 0 Å². The number of halogens is 3. The van der Waals surface area contributed by atoms with Gasteiger partial charge in [-0.3, -0.25) is 9.71 Å². The van der Waals surface area contributed by atoms with Crippen LogP contribution in [0, 0.1) is 0 Å². The van der Waals surface area contributed by atoms with Crippen LogP contribution in [0.3, 0.4) is 0 Å². The molecule has 0 radical (unpaired) electrons. The van der Waals surface area contributed by atoms with Gasteiger partial charge in [-0.05, 0) is 18.2 Å². The first kappa shape index (κ1) is 15.4. The standard InChI is InChI=1S/C11H8BrCl2N3O2S/c12-6-3-7(13)11(8(14)4-6)20(18,19)17-10-1-2-16-5-9(10)15/h1-5H,15H2,(H,16,17). The summed E-state index contributed by atoms with van der Waals surface area (Å²) in [4.78, 5) is 3.57. The Labute approximate surface area is 134 Å². The van der Waals surface area contributed by atoms with Gasteiger partial charge in [-0.15, -0.1) is 0 Å². The average molecular weight is 397 g/mol. The molecule has 0 bridgehead atoms. The lowest BCUT2D eigenvalue weighted by Gasteiger charge is -2.12. The third-order valence-corrected chi connectivity index (χ3v) is 5.07. The Bertz CT molecular complexity index is 745. The second-order valence-corrected chi connectivity index (χ2v) is 7.12. The van der Waals surface area contributed by atoms with Crippen LogP contribution in [-0.2, 0) is 10.0 Å². The second kappa shape index (κ2) is 5.77. The van der Waals surface area contributed by atoms with Crippen LogP contribution in [-0.4, -0.2) is 13.4 Å². The quantitative estimate of drug-likeness (QED) is 0.830. The summed E-state index contributed by atoms with van der Waals surface area (Å²) < 4.78 is 27.6. The number of nitrogens with one attached hydrogen (secondary N) is 1. The molecule has 0 spiro atoms. The summed E-state index contributed by atoms with van der Waals surface area (Å²) in [6, 6.07) is 4.32. The highest BCUT2D eigenvalue weighted by molar-refractivity contribution is 9.10. The van der Waals surface area contributed by atoms with Crippen molar-refractivity contribution in [3.63, 3.8) is 0 Å². The lowest BCUT2D eigenvalue weighted by atomic mass is 10.4. The fraction of sp³-hybridized carbons (Fsp3) is 0. The number of benzene rings is 1. The fourth-order valence-electron chi connectivity index (χ4n) is 1.48. The first-order chi connectivity index (χ1) is 9.31. The highest BCUT2D eigenvalue weighted by atomic mass is 79.9. The second-order valence-electron chi connectivity index (χ2n) is 3.77. The largest absolute Gasteiger partial charge is 0.396 e. The van der Waals surface area contributed by atoms with Gasteiger partial charge < -0.3 is 5.73 Å². The molecule has 2 rings (SSSR count). The number of nitrogens with zero attached hydrogens (tertiary/aromatic N) is 1. The Morgan fingerprint density at radius 3 is 2.40 bits per heavy atom.